The van der Waals surface area contributed by atoms with Gasteiger partial charge in [0.15, 0.2) is 0 Å². The van der Waals surface area contributed by atoms with Gasteiger partial charge < -0.3 is 9.26 Å². The number of hydrogen-bond acceptors (Lipinski definition) is 7. The van der Waals surface area contributed by atoms with Crippen molar-refractivity contribution in [1.82, 2.24) is 5.16 Å². The lowest BCUT2D eigenvalue weighted by molar-refractivity contribution is 0.0586. The Morgan fingerprint density at radius 3 is 2.83 bits per heavy atom. The summed E-state index contributed by atoms with van der Waals surface area (Å²) in [6, 6.07) is 0. The van der Waals surface area contributed by atoms with Crippen LogP contribution in [0.1, 0.15) is 38.3 Å². The molecule has 0 spiro atoms. The number of esters is 1. The fraction of sp³-hybridized carbons (Fsp3) is 0.273. The highest BCUT2D eigenvalue weighted by molar-refractivity contribution is 8.04. The van der Waals surface area contributed by atoms with E-state index in [1.807, 2.05) is 6.92 Å². The second-order valence-corrected chi connectivity index (χ2v) is 4.67. The van der Waals surface area contributed by atoms with E-state index in [-0.39, 0.29) is 21.9 Å². The molecule has 0 fully saturated rings. The van der Waals surface area contributed by atoms with E-state index >= 15 is 0 Å². The molecular formula is C11H9NO5S. The fourth-order valence-electron chi connectivity index (χ4n) is 1.54. The lowest BCUT2D eigenvalue weighted by atomic mass is 10.00. The number of methoxy groups -OCH3 is 1. The Morgan fingerprint density at radius 1 is 1.50 bits per heavy atom. The van der Waals surface area contributed by atoms with Crippen molar-refractivity contribution in [2.75, 3.05) is 12.9 Å². The van der Waals surface area contributed by atoms with Crippen molar-refractivity contribution >= 4 is 29.3 Å². The van der Waals surface area contributed by atoms with Gasteiger partial charge >= 0.3 is 5.97 Å². The van der Waals surface area contributed by atoms with Crippen LogP contribution in [0.2, 0.25) is 0 Å². The summed E-state index contributed by atoms with van der Waals surface area (Å²) in [4.78, 5) is 35.5. The smallest absolute Gasteiger partial charge is 0.361 e. The number of thioether (sulfide) groups is 1. The van der Waals surface area contributed by atoms with Crippen LogP contribution in [0.3, 0.4) is 0 Å². The minimum absolute atomic E-state index is 0.106. The molecule has 2 rings (SSSR count). The van der Waals surface area contributed by atoms with Crippen molar-refractivity contribution in [3.8, 4) is 0 Å². The quantitative estimate of drug-likeness (QED) is 0.766. The van der Waals surface area contributed by atoms with E-state index in [9.17, 15) is 14.4 Å². The van der Waals surface area contributed by atoms with Crippen LogP contribution in [0.15, 0.2) is 15.5 Å². The molecule has 1 aliphatic carbocycles. The van der Waals surface area contributed by atoms with E-state index in [0.29, 0.717) is 5.75 Å². The average Bonchev–Trinajstić information content (AvgIpc) is 2.80. The molecule has 0 bridgehead atoms. The van der Waals surface area contributed by atoms with Gasteiger partial charge in [-0.2, -0.15) is 0 Å². The summed E-state index contributed by atoms with van der Waals surface area (Å²) in [7, 11) is 1.16. The first-order valence-electron chi connectivity index (χ1n) is 5.11. The Morgan fingerprint density at radius 2 is 2.22 bits per heavy atom. The summed E-state index contributed by atoms with van der Waals surface area (Å²) in [5.41, 5.74) is -0.363. The topological polar surface area (TPSA) is 86.5 Å². The number of allylic oxidation sites excluding steroid dienone is 2. The molecule has 0 unspecified atom stereocenters. The van der Waals surface area contributed by atoms with E-state index in [2.05, 4.69) is 9.89 Å². The van der Waals surface area contributed by atoms with Gasteiger partial charge in [-0.05, 0) is 5.75 Å². The Labute approximate surface area is 106 Å². The second-order valence-electron chi connectivity index (χ2n) is 3.36. The van der Waals surface area contributed by atoms with Crippen LogP contribution in [0, 0.1) is 0 Å². The number of ether oxygens (including phenoxy) is 1. The minimum Gasteiger partial charge on any atom is -0.464 e. The van der Waals surface area contributed by atoms with Gasteiger partial charge in [0.2, 0.25) is 23.0 Å². The maximum atomic E-state index is 12.1. The summed E-state index contributed by atoms with van der Waals surface area (Å²) in [5.74, 6) is -1.27. The predicted octanol–water partition coefficient (Wildman–Crippen LogP) is 1.48. The zero-order valence-electron chi connectivity index (χ0n) is 9.68. The molecule has 1 aromatic rings. The molecule has 1 heterocycles. The van der Waals surface area contributed by atoms with Crippen LogP contribution in [-0.4, -0.2) is 35.6 Å². The first-order valence-corrected chi connectivity index (χ1v) is 6.10. The first-order chi connectivity index (χ1) is 8.60. The second kappa shape index (κ2) is 4.77. The molecule has 94 valence electrons. The van der Waals surface area contributed by atoms with Crippen molar-refractivity contribution in [3.63, 3.8) is 0 Å². The number of Topliss-reactive ketones (excluding diaryl/α,β-unsaturated/α-hetero) is 1. The number of carbonyl (C=O) groups excluding carboxylic acids is 3. The lowest BCUT2D eigenvalue weighted by Crippen LogP contribution is -2.17. The van der Waals surface area contributed by atoms with Gasteiger partial charge in [0.25, 0.3) is 0 Å². The maximum Gasteiger partial charge on any atom is 0.361 e. The molecule has 0 aromatic carbocycles. The average molecular weight is 267 g/mol. The molecule has 0 saturated carbocycles. The van der Waals surface area contributed by atoms with E-state index in [0.717, 1.165) is 7.11 Å². The Bertz CT molecular complexity index is 572. The van der Waals surface area contributed by atoms with E-state index in [4.69, 9.17) is 4.52 Å². The summed E-state index contributed by atoms with van der Waals surface area (Å²) in [6.07, 6.45) is 1.20. The molecule has 0 radical (unpaired) electrons. The third-order valence-electron chi connectivity index (χ3n) is 2.31. The summed E-state index contributed by atoms with van der Waals surface area (Å²) >= 11 is 1.23. The highest BCUT2D eigenvalue weighted by atomic mass is 32.2. The standard InChI is InChI=1S/C11H9NO5S/c1-3-18-6-4-5(13)10-7(9(6)14)8(12-17-10)11(15)16-2/h4H,3H2,1-2H3. The van der Waals surface area contributed by atoms with Gasteiger partial charge in [-0.1, -0.05) is 12.1 Å². The Kier molecular flexibility index (Phi) is 3.33. The highest BCUT2D eigenvalue weighted by Crippen LogP contribution is 2.30. The molecule has 6 nitrogen and oxygen atoms in total. The van der Waals surface area contributed by atoms with Crippen LogP contribution in [0.25, 0.3) is 0 Å². The SMILES string of the molecule is CCSC1=CC(=O)c2onc(C(=O)OC)c2C1=O. The first kappa shape index (κ1) is 12.6. The third-order valence-corrected chi connectivity index (χ3v) is 3.21. The number of fused-ring (bicyclic) bond motifs is 1. The van der Waals surface area contributed by atoms with Crippen LogP contribution in [0.4, 0.5) is 0 Å². The monoisotopic (exact) mass is 267 g/mol. The van der Waals surface area contributed by atoms with Gasteiger partial charge in [-0.25, -0.2) is 4.79 Å². The van der Waals surface area contributed by atoms with E-state index < -0.39 is 17.5 Å². The highest BCUT2D eigenvalue weighted by Gasteiger charge is 2.36. The molecule has 1 aromatic heterocycles. The van der Waals surface area contributed by atoms with Crippen molar-refractivity contribution < 1.29 is 23.6 Å². The van der Waals surface area contributed by atoms with Crippen molar-refractivity contribution in [3.05, 3.63) is 28.0 Å². The third kappa shape index (κ3) is 1.86. The van der Waals surface area contributed by atoms with Crippen molar-refractivity contribution in [2.24, 2.45) is 0 Å². The molecule has 7 heteroatoms. The predicted molar refractivity (Wildman–Crippen MR) is 62.7 cm³/mol. The van der Waals surface area contributed by atoms with E-state index in [1.165, 1.54) is 17.8 Å². The van der Waals surface area contributed by atoms with Crippen LogP contribution >= 0.6 is 11.8 Å². The summed E-state index contributed by atoms with van der Waals surface area (Å²) < 4.78 is 9.23. The normalized spacial score (nSPS) is 14.2. The number of rotatable bonds is 3. The maximum absolute atomic E-state index is 12.1. The molecule has 0 atom stereocenters. The number of nitrogens with zero attached hydrogens (tertiary/aromatic N) is 1. The summed E-state index contributed by atoms with van der Waals surface area (Å²) in [6.45, 7) is 1.85. The number of ketones is 2. The summed E-state index contributed by atoms with van der Waals surface area (Å²) in [5, 5.41) is 3.43. The van der Waals surface area contributed by atoms with Crippen LogP contribution < -0.4 is 0 Å². The fourth-order valence-corrected chi connectivity index (χ4v) is 2.28. The number of carbonyl (C=O) groups is 3. The van der Waals surface area contributed by atoms with Crippen molar-refractivity contribution in [2.45, 2.75) is 6.92 Å². The van der Waals surface area contributed by atoms with Gasteiger partial charge in [0.05, 0.1) is 12.0 Å². The molecule has 0 saturated heterocycles. The largest absolute Gasteiger partial charge is 0.464 e. The van der Waals surface area contributed by atoms with E-state index in [1.54, 1.807) is 0 Å². The minimum atomic E-state index is -0.802. The van der Waals surface area contributed by atoms with Gasteiger partial charge in [0.1, 0.15) is 5.56 Å². The number of aromatic nitrogens is 1. The van der Waals surface area contributed by atoms with Gasteiger partial charge in [-0.15, -0.1) is 11.8 Å². The molecule has 0 aliphatic heterocycles. The Hall–Kier alpha value is -1.89. The molecular weight excluding hydrogens is 258 g/mol. The van der Waals surface area contributed by atoms with Crippen LogP contribution in [0.5, 0.6) is 0 Å². The van der Waals surface area contributed by atoms with Gasteiger partial charge in [-0.3, -0.25) is 9.59 Å². The zero-order valence-corrected chi connectivity index (χ0v) is 10.5. The lowest BCUT2D eigenvalue weighted by Gasteiger charge is -2.09. The van der Waals surface area contributed by atoms with Gasteiger partial charge in [0, 0.05) is 6.08 Å². The molecule has 1 aliphatic rings. The van der Waals surface area contributed by atoms with Crippen molar-refractivity contribution in [1.29, 1.82) is 0 Å². The molecule has 0 N–H and O–H groups in total. The Balaban J connectivity index is 2.52. The molecule has 18 heavy (non-hydrogen) atoms. The zero-order chi connectivity index (χ0) is 13.3. The van der Waals surface area contributed by atoms with Crippen LogP contribution in [-0.2, 0) is 4.74 Å². The number of hydrogen-bond donors (Lipinski definition) is 0. The molecule has 0 amide bonds.